The van der Waals surface area contributed by atoms with Gasteiger partial charge in [0.2, 0.25) is 5.78 Å². The van der Waals surface area contributed by atoms with E-state index in [9.17, 15) is 0 Å². The Morgan fingerprint density at radius 2 is 2.00 bits per heavy atom. The van der Waals surface area contributed by atoms with Crippen molar-refractivity contribution in [1.29, 1.82) is 0 Å². The minimum atomic E-state index is 0.480. The normalized spacial score (nSPS) is 11.9. The zero-order valence-corrected chi connectivity index (χ0v) is 10.4. The molecular formula is C13H19N3. The molecule has 0 fully saturated rings. The molecule has 0 aromatic carbocycles. The van der Waals surface area contributed by atoms with E-state index in [1.54, 1.807) is 6.20 Å². The van der Waals surface area contributed by atoms with E-state index in [0.29, 0.717) is 11.8 Å². The summed E-state index contributed by atoms with van der Waals surface area (Å²) in [6.07, 6.45) is 4.87. The van der Waals surface area contributed by atoms with Gasteiger partial charge in [-0.25, -0.2) is 9.97 Å². The minimum Gasteiger partial charge on any atom is -0.288 e. The summed E-state index contributed by atoms with van der Waals surface area (Å²) < 4.78 is 2.11. The lowest BCUT2D eigenvalue weighted by Gasteiger charge is -2.09. The van der Waals surface area contributed by atoms with Gasteiger partial charge in [-0.05, 0) is 24.3 Å². The van der Waals surface area contributed by atoms with Crippen LogP contribution < -0.4 is 0 Å². The smallest absolute Gasteiger partial charge is 0.234 e. The first-order valence-electron chi connectivity index (χ1n) is 5.91. The van der Waals surface area contributed by atoms with Gasteiger partial charge in [0, 0.05) is 18.1 Å². The van der Waals surface area contributed by atoms with Crippen LogP contribution in [0.3, 0.4) is 0 Å². The second kappa shape index (κ2) is 4.24. The zero-order chi connectivity index (χ0) is 11.7. The fourth-order valence-electron chi connectivity index (χ4n) is 2.10. The Balaban J connectivity index is 2.58. The van der Waals surface area contributed by atoms with Gasteiger partial charge < -0.3 is 0 Å². The van der Waals surface area contributed by atoms with Crippen molar-refractivity contribution in [2.24, 2.45) is 5.92 Å². The van der Waals surface area contributed by atoms with E-state index in [0.717, 1.165) is 12.2 Å². The number of nitrogens with zero attached hydrogens (tertiary/aromatic N) is 3. The standard InChI is InChI=1S/C13H19N3/c1-9(2)8-11-12(10(3)4)16-7-5-6-14-13(16)15-11/h5-7,9-10H,8H2,1-4H3. The van der Waals surface area contributed by atoms with Crippen molar-refractivity contribution in [3.8, 4) is 0 Å². The topological polar surface area (TPSA) is 30.2 Å². The van der Waals surface area contributed by atoms with E-state index < -0.39 is 0 Å². The monoisotopic (exact) mass is 217 g/mol. The summed E-state index contributed by atoms with van der Waals surface area (Å²) in [5.41, 5.74) is 2.50. The predicted molar refractivity (Wildman–Crippen MR) is 65.6 cm³/mol. The zero-order valence-electron chi connectivity index (χ0n) is 10.4. The van der Waals surface area contributed by atoms with E-state index in [1.165, 1.54) is 11.4 Å². The van der Waals surface area contributed by atoms with Crippen LogP contribution >= 0.6 is 0 Å². The maximum Gasteiger partial charge on any atom is 0.234 e. The van der Waals surface area contributed by atoms with Crippen molar-refractivity contribution in [2.45, 2.75) is 40.0 Å². The van der Waals surface area contributed by atoms with Gasteiger partial charge in [-0.15, -0.1) is 0 Å². The van der Waals surface area contributed by atoms with E-state index >= 15 is 0 Å². The molecule has 2 aromatic rings. The molecule has 0 saturated heterocycles. The Labute approximate surface area is 96.5 Å². The van der Waals surface area contributed by atoms with E-state index in [-0.39, 0.29) is 0 Å². The SMILES string of the molecule is CC(C)Cc1nc2ncccn2c1C(C)C. The molecule has 86 valence electrons. The number of aromatic nitrogens is 3. The number of rotatable bonds is 3. The molecule has 0 atom stereocenters. The summed E-state index contributed by atoms with van der Waals surface area (Å²) in [5.74, 6) is 1.93. The Kier molecular flexibility index (Phi) is 2.95. The van der Waals surface area contributed by atoms with E-state index in [4.69, 9.17) is 0 Å². The summed E-state index contributed by atoms with van der Waals surface area (Å²) >= 11 is 0. The van der Waals surface area contributed by atoms with Gasteiger partial charge in [-0.3, -0.25) is 4.40 Å². The van der Waals surface area contributed by atoms with E-state index in [1.807, 2.05) is 6.07 Å². The highest BCUT2D eigenvalue weighted by Crippen LogP contribution is 2.22. The molecular weight excluding hydrogens is 198 g/mol. The van der Waals surface area contributed by atoms with Gasteiger partial charge in [0.1, 0.15) is 0 Å². The molecule has 0 bridgehead atoms. The number of hydrogen-bond acceptors (Lipinski definition) is 2. The van der Waals surface area contributed by atoms with Crippen LogP contribution in [0.25, 0.3) is 5.78 Å². The Morgan fingerprint density at radius 3 is 2.62 bits per heavy atom. The molecule has 2 aromatic heterocycles. The van der Waals surface area contributed by atoms with Gasteiger partial charge in [0.05, 0.1) is 5.69 Å². The lowest BCUT2D eigenvalue weighted by atomic mass is 10.0. The lowest BCUT2D eigenvalue weighted by molar-refractivity contribution is 0.626. The van der Waals surface area contributed by atoms with Crippen LogP contribution in [-0.2, 0) is 6.42 Å². The Morgan fingerprint density at radius 1 is 1.25 bits per heavy atom. The average Bonchev–Trinajstić information content (AvgIpc) is 2.53. The van der Waals surface area contributed by atoms with Crippen molar-refractivity contribution in [3.63, 3.8) is 0 Å². The molecule has 3 nitrogen and oxygen atoms in total. The number of hydrogen-bond donors (Lipinski definition) is 0. The number of imidazole rings is 1. The Hall–Kier alpha value is -1.38. The number of fused-ring (bicyclic) bond motifs is 1. The van der Waals surface area contributed by atoms with Crippen LogP contribution in [-0.4, -0.2) is 14.4 Å². The lowest BCUT2D eigenvalue weighted by Crippen LogP contribution is -2.02. The van der Waals surface area contributed by atoms with Gasteiger partial charge in [-0.2, -0.15) is 0 Å². The van der Waals surface area contributed by atoms with Crippen LogP contribution in [0, 0.1) is 5.92 Å². The molecule has 0 N–H and O–H groups in total. The second-order valence-electron chi connectivity index (χ2n) is 4.99. The Bertz CT molecular complexity index is 483. The summed E-state index contributed by atoms with van der Waals surface area (Å²) in [6.45, 7) is 8.86. The maximum atomic E-state index is 4.63. The molecule has 0 spiro atoms. The van der Waals surface area contributed by atoms with Crippen LogP contribution in [0.1, 0.15) is 45.0 Å². The van der Waals surface area contributed by atoms with E-state index in [2.05, 4.69) is 48.3 Å². The molecule has 2 rings (SSSR count). The third kappa shape index (κ3) is 1.94. The van der Waals surface area contributed by atoms with Crippen LogP contribution in [0.15, 0.2) is 18.5 Å². The maximum absolute atomic E-state index is 4.63. The largest absolute Gasteiger partial charge is 0.288 e. The molecule has 0 saturated carbocycles. The highest BCUT2D eigenvalue weighted by atomic mass is 15.1. The van der Waals surface area contributed by atoms with Crippen molar-refractivity contribution in [3.05, 3.63) is 29.8 Å². The van der Waals surface area contributed by atoms with Crippen molar-refractivity contribution in [2.75, 3.05) is 0 Å². The molecule has 0 radical (unpaired) electrons. The first kappa shape index (κ1) is 11.1. The molecule has 2 heterocycles. The summed E-state index contributed by atoms with van der Waals surface area (Å²) in [4.78, 5) is 8.93. The first-order chi connectivity index (χ1) is 7.59. The van der Waals surface area contributed by atoms with Gasteiger partial charge >= 0.3 is 0 Å². The first-order valence-corrected chi connectivity index (χ1v) is 5.91. The quantitative estimate of drug-likeness (QED) is 0.791. The molecule has 0 aliphatic heterocycles. The third-order valence-electron chi connectivity index (χ3n) is 2.67. The third-order valence-corrected chi connectivity index (χ3v) is 2.67. The van der Waals surface area contributed by atoms with Crippen molar-refractivity contribution >= 4 is 5.78 Å². The van der Waals surface area contributed by atoms with Crippen molar-refractivity contribution in [1.82, 2.24) is 14.4 Å². The second-order valence-corrected chi connectivity index (χ2v) is 4.99. The average molecular weight is 217 g/mol. The molecule has 0 amide bonds. The highest BCUT2D eigenvalue weighted by Gasteiger charge is 2.16. The summed E-state index contributed by atoms with van der Waals surface area (Å²) in [7, 11) is 0. The van der Waals surface area contributed by atoms with Gasteiger partial charge in [0.15, 0.2) is 0 Å². The molecule has 0 unspecified atom stereocenters. The minimum absolute atomic E-state index is 0.480. The van der Waals surface area contributed by atoms with Gasteiger partial charge in [0.25, 0.3) is 0 Å². The fraction of sp³-hybridized carbons (Fsp3) is 0.538. The molecule has 16 heavy (non-hydrogen) atoms. The molecule has 0 aliphatic carbocycles. The summed E-state index contributed by atoms with van der Waals surface area (Å²) in [5, 5.41) is 0. The predicted octanol–water partition coefficient (Wildman–Crippen LogP) is 3.05. The van der Waals surface area contributed by atoms with Crippen LogP contribution in [0.4, 0.5) is 0 Å². The highest BCUT2D eigenvalue weighted by molar-refractivity contribution is 5.37. The fourth-order valence-corrected chi connectivity index (χ4v) is 2.10. The van der Waals surface area contributed by atoms with Gasteiger partial charge in [-0.1, -0.05) is 27.7 Å². The molecule has 0 aliphatic rings. The summed E-state index contributed by atoms with van der Waals surface area (Å²) in [6, 6.07) is 1.96. The molecule has 3 heteroatoms. The van der Waals surface area contributed by atoms with Crippen LogP contribution in [0.5, 0.6) is 0 Å². The van der Waals surface area contributed by atoms with Crippen LogP contribution in [0.2, 0.25) is 0 Å². The van der Waals surface area contributed by atoms with Crippen molar-refractivity contribution < 1.29 is 0 Å².